The molecule has 10 heavy (non-hydrogen) atoms. The standard InChI is InChI=1S/C8H13FO/c1-4-3-5-6(7(5)10)8(4,2)9/h4-7,10H,3H2,1-2H3. The predicted molar refractivity (Wildman–Crippen MR) is 36.3 cm³/mol. The summed E-state index contributed by atoms with van der Waals surface area (Å²) in [6.07, 6.45) is 0.546. The second-order valence-electron chi connectivity index (χ2n) is 3.97. The molecule has 0 aromatic carbocycles. The number of rotatable bonds is 0. The van der Waals surface area contributed by atoms with Crippen molar-refractivity contribution < 1.29 is 9.50 Å². The van der Waals surface area contributed by atoms with E-state index in [2.05, 4.69) is 0 Å². The van der Waals surface area contributed by atoms with Gasteiger partial charge in [0, 0.05) is 5.92 Å². The van der Waals surface area contributed by atoms with Crippen LogP contribution >= 0.6 is 0 Å². The van der Waals surface area contributed by atoms with Crippen LogP contribution in [0.2, 0.25) is 0 Å². The first-order valence-electron chi connectivity index (χ1n) is 3.92. The van der Waals surface area contributed by atoms with Crippen molar-refractivity contribution in [3.05, 3.63) is 0 Å². The van der Waals surface area contributed by atoms with Crippen LogP contribution in [-0.2, 0) is 0 Å². The van der Waals surface area contributed by atoms with E-state index < -0.39 is 5.67 Å². The highest BCUT2D eigenvalue weighted by atomic mass is 19.1. The van der Waals surface area contributed by atoms with Gasteiger partial charge in [0.1, 0.15) is 5.67 Å². The van der Waals surface area contributed by atoms with Crippen LogP contribution < -0.4 is 0 Å². The second kappa shape index (κ2) is 1.55. The van der Waals surface area contributed by atoms with Crippen LogP contribution in [0.5, 0.6) is 0 Å². The van der Waals surface area contributed by atoms with Gasteiger partial charge >= 0.3 is 0 Å². The molecule has 0 aromatic rings. The maximum absolute atomic E-state index is 13.5. The van der Waals surface area contributed by atoms with Crippen LogP contribution in [0.4, 0.5) is 4.39 Å². The van der Waals surface area contributed by atoms with Crippen molar-refractivity contribution in [1.29, 1.82) is 0 Å². The molecule has 1 nitrogen and oxygen atoms in total. The summed E-state index contributed by atoms with van der Waals surface area (Å²) >= 11 is 0. The van der Waals surface area contributed by atoms with Crippen LogP contribution in [0.3, 0.4) is 0 Å². The third kappa shape index (κ3) is 0.559. The van der Waals surface area contributed by atoms with E-state index in [1.807, 2.05) is 6.92 Å². The number of hydrogen-bond acceptors (Lipinski definition) is 1. The topological polar surface area (TPSA) is 20.2 Å². The summed E-state index contributed by atoms with van der Waals surface area (Å²) in [4.78, 5) is 0. The average molecular weight is 144 g/mol. The Balaban J connectivity index is 2.19. The normalized spacial score (nSPS) is 66.0. The molecular weight excluding hydrogens is 131 g/mol. The van der Waals surface area contributed by atoms with Gasteiger partial charge in [-0.2, -0.15) is 0 Å². The second-order valence-corrected chi connectivity index (χ2v) is 3.97. The van der Waals surface area contributed by atoms with Gasteiger partial charge in [-0.05, 0) is 25.2 Å². The summed E-state index contributed by atoms with van der Waals surface area (Å²) in [5.74, 6) is 0.387. The van der Waals surface area contributed by atoms with E-state index in [1.54, 1.807) is 6.92 Å². The lowest BCUT2D eigenvalue weighted by Gasteiger charge is -2.22. The van der Waals surface area contributed by atoms with Gasteiger partial charge in [0.2, 0.25) is 0 Å². The molecule has 1 N–H and O–H groups in total. The van der Waals surface area contributed by atoms with Gasteiger partial charge in [0.15, 0.2) is 0 Å². The summed E-state index contributed by atoms with van der Waals surface area (Å²) in [7, 11) is 0. The van der Waals surface area contributed by atoms with Crippen molar-refractivity contribution in [2.75, 3.05) is 0 Å². The summed E-state index contributed by atoms with van der Waals surface area (Å²) in [6.45, 7) is 3.55. The molecule has 2 aliphatic carbocycles. The van der Waals surface area contributed by atoms with Crippen LogP contribution in [0.1, 0.15) is 20.3 Å². The molecule has 0 saturated heterocycles. The fourth-order valence-electron chi connectivity index (χ4n) is 2.36. The van der Waals surface area contributed by atoms with E-state index >= 15 is 0 Å². The third-order valence-electron chi connectivity index (χ3n) is 3.37. The molecule has 2 heteroatoms. The van der Waals surface area contributed by atoms with Gasteiger partial charge in [-0.15, -0.1) is 0 Å². The summed E-state index contributed by atoms with van der Waals surface area (Å²) < 4.78 is 13.5. The van der Waals surface area contributed by atoms with Gasteiger partial charge in [0.05, 0.1) is 6.10 Å². The van der Waals surface area contributed by atoms with Crippen LogP contribution in [0, 0.1) is 17.8 Å². The maximum atomic E-state index is 13.5. The van der Waals surface area contributed by atoms with Gasteiger partial charge in [-0.1, -0.05) is 6.92 Å². The lowest BCUT2D eigenvalue weighted by molar-refractivity contribution is 0.0730. The van der Waals surface area contributed by atoms with Crippen molar-refractivity contribution in [2.24, 2.45) is 17.8 Å². The zero-order valence-electron chi connectivity index (χ0n) is 6.34. The number of alkyl halides is 1. The third-order valence-corrected chi connectivity index (χ3v) is 3.37. The molecular formula is C8H13FO. The van der Waals surface area contributed by atoms with E-state index in [0.717, 1.165) is 6.42 Å². The molecule has 0 aromatic heterocycles. The Hall–Kier alpha value is -0.110. The largest absolute Gasteiger partial charge is 0.392 e. The van der Waals surface area contributed by atoms with E-state index in [-0.39, 0.29) is 23.9 Å². The Kier molecular flexibility index (Phi) is 1.02. The molecule has 2 aliphatic rings. The van der Waals surface area contributed by atoms with Gasteiger partial charge in [-0.25, -0.2) is 4.39 Å². The Morgan fingerprint density at radius 2 is 2.20 bits per heavy atom. The Labute approximate surface area is 60.2 Å². The minimum atomic E-state index is -1.09. The van der Waals surface area contributed by atoms with Crippen LogP contribution in [0.15, 0.2) is 0 Å². The quantitative estimate of drug-likeness (QED) is 0.544. The van der Waals surface area contributed by atoms with Crippen molar-refractivity contribution in [3.63, 3.8) is 0 Å². The Morgan fingerprint density at radius 3 is 2.50 bits per heavy atom. The Bertz CT molecular complexity index is 167. The van der Waals surface area contributed by atoms with Crippen molar-refractivity contribution >= 4 is 0 Å². The predicted octanol–water partition coefficient (Wildman–Crippen LogP) is 1.36. The lowest BCUT2D eigenvalue weighted by Crippen LogP contribution is -2.28. The lowest BCUT2D eigenvalue weighted by atomic mass is 9.91. The van der Waals surface area contributed by atoms with E-state index in [0.29, 0.717) is 0 Å². The van der Waals surface area contributed by atoms with E-state index in [9.17, 15) is 4.39 Å². The van der Waals surface area contributed by atoms with Crippen LogP contribution in [0.25, 0.3) is 0 Å². The minimum absolute atomic E-state index is 0.0394. The highest BCUT2D eigenvalue weighted by molar-refractivity contribution is 5.15. The van der Waals surface area contributed by atoms with Gasteiger partial charge in [0.25, 0.3) is 0 Å². The monoisotopic (exact) mass is 144 g/mol. The molecule has 2 saturated carbocycles. The number of aliphatic hydroxyl groups is 1. The van der Waals surface area contributed by atoms with Gasteiger partial charge in [-0.3, -0.25) is 0 Å². The van der Waals surface area contributed by atoms with Crippen molar-refractivity contribution in [1.82, 2.24) is 0 Å². The molecule has 5 unspecified atom stereocenters. The first kappa shape index (κ1) is 6.59. The SMILES string of the molecule is CC1CC2C(O)C2C1(C)F. The first-order valence-corrected chi connectivity index (χ1v) is 3.92. The molecule has 2 fully saturated rings. The zero-order valence-corrected chi connectivity index (χ0v) is 6.34. The highest BCUT2D eigenvalue weighted by Crippen LogP contribution is 2.61. The smallest absolute Gasteiger partial charge is 0.116 e. The average Bonchev–Trinajstić information content (AvgIpc) is 2.34. The van der Waals surface area contributed by atoms with Crippen LogP contribution in [-0.4, -0.2) is 16.9 Å². The maximum Gasteiger partial charge on any atom is 0.116 e. The number of hydrogen-bond donors (Lipinski definition) is 1. The summed E-state index contributed by atoms with van der Waals surface area (Å²) in [5.41, 5.74) is -1.09. The fourth-order valence-corrected chi connectivity index (χ4v) is 2.36. The molecule has 0 radical (unpaired) electrons. The molecule has 0 spiro atoms. The molecule has 5 atom stereocenters. The highest BCUT2D eigenvalue weighted by Gasteiger charge is 2.67. The van der Waals surface area contributed by atoms with E-state index in [4.69, 9.17) is 5.11 Å². The molecule has 0 aliphatic heterocycles. The molecule has 0 amide bonds. The summed E-state index contributed by atoms with van der Waals surface area (Å²) in [6, 6.07) is 0. The molecule has 0 heterocycles. The fraction of sp³-hybridized carbons (Fsp3) is 1.00. The molecule has 2 rings (SSSR count). The number of aliphatic hydroxyl groups excluding tert-OH is 1. The number of fused-ring (bicyclic) bond motifs is 1. The van der Waals surface area contributed by atoms with Gasteiger partial charge < -0.3 is 5.11 Å². The Morgan fingerprint density at radius 1 is 1.60 bits per heavy atom. The number of halogens is 1. The van der Waals surface area contributed by atoms with E-state index in [1.165, 1.54) is 0 Å². The van der Waals surface area contributed by atoms with Crippen molar-refractivity contribution in [2.45, 2.75) is 32.0 Å². The zero-order chi connectivity index (χ0) is 7.52. The molecule has 58 valence electrons. The van der Waals surface area contributed by atoms with Crippen molar-refractivity contribution in [3.8, 4) is 0 Å². The minimum Gasteiger partial charge on any atom is -0.392 e. The molecule has 0 bridgehead atoms. The first-order chi connectivity index (χ1) is 4.55. The summed E-state index contributed by atoms with van der Waals surface area (Å²) in [5, 5.41) is 9.16.